The van der Waals surface area contributed by atoms with Crippen LogP contribution in [0.1, 0.15) is 12.8 Å². The highest BCUT2D eigenvalue weighted by Gasteiger charge is 2.25. The van der Waals surface area contributed by atoms with Gasteiger partial charge in [-0.25, -0.2) is 4.79 Å². The first kappa shape index (κ1) is 19.5. The van der Waals surface area contributed by atoms with Crippen molar-refractivity contribution >= 4 is 34.9 Å². The molecule has 0 aliphatic carbocycles. The lowest BCUT2D eigenvalue weighted by atomic mass is 10.1. The number of carbonyl (C=O) groups excluding carboxylic acids is 2. The molecule has 1 atom stereocenters. The van der Waals surface area contributed by atoms with Crippen LogP contribution in [0.2, 0.25) is 5.02 Å². The molecule has 1 aromatic carbocycles. The van der Waals surface area contributed by atoms with E-state index >= 15 is 0 Å². The Morgan fingerprint density at radius 3 is 2.80 bits per heavy atom. The number of urea groups is 1. The smallest absolute Gasteiger partial charge is 0.321 e. The number of carbonyl (C=O) groups is 2. The van der Waals surface area contributed by atoms with Gasteiger partial charge in [0.15, 0.2) is 0 Å². The largest absolute Gasteiger partial charge is 0.375 e. The van der Waals surface area contributed by atoms with Crippen molar-refractivity contribution in [1.82, 2.24) is 9.80 Å². The number of ether oxygens (including phenoxy) is 1. The molecule has 2 N–H and O–H groups in total. The number of hydrogen-bond acceptors (Lipinski definition) is 4. The van der Waals surface area contributed by atoms with Crippen molar-refractivity contribution < 1.29 is 14.3 Å². The van der Waals surface area contributed by atoms with Crippen LogP contribution in [0.15, 0.2) is 18.2 Å². The summed E-state index contributed by atoms with van der Waals surface area (Å²) in [4.78, 5) is 28.1. The third kappa shape index (κ3) is 5.59. The lowest BCUT2D eigenvalue weighted by molar-refractivity contribution is -0.119. The summed E-state index contributed by atoms with van der Waals surface area (Å²) < 4.78 is 4.78. The van der Waals surface area contributed by atoms with Crippen molar-refractivity contribution in [2.24, 2.45) is 0 Å². The molecule has 1 unspecified atom stereocenters. The monoisotopic (exact) mass is 368 g/mol. The fourth-order valence-corrected chi connectivity index (χ4v) is 2.95. The number of likely N-dealkylation sites (tertiary alicyclic amines) is 1. The van der Waals surface area contributed by atoms with E-state index in [0.29, 0.717) is 29.0 Å². The molecule has 1 heterocycles. The van der Waals surface area contributed by atoms with E-state index in [1.54, 1.807) is 23.1 Å². The van der Waals surface area contributed by atoms with Crippen molar-refractivity contribution in [2.75, 3.05) is 51.5 Å². The van der Waals surface area contributed by atoms with Crippen LogP contribution in [0.5, 0.6) is 0 Å². The topological polar surface area (TPSA) is 73.9 Å². The summed E-state index contributed by atoms with van der Waals surface area (Å²) in [5, 5.41) is 5.95. The van der Waals surface area contributed by atoms with Gasteiger partial charge in [-0.05, 0) is 45.1 Å². The number of methoxy groups -OCH3 is 1. The third-order valence-corrected chi connectivity index (χ3v) is 4.51. The summed E-state index contributed by atoms with van der Waals surface area (Å²) in [5.74, 6) is -0.271. The van der Waals surface area contributed by atoms with Gasteiger partial charge in [-0.3, -0.25) is 4.79 Å². The van der Waals surface area contributed by atoms with Crippen molar-refractivity contribution in [3.8, 4) is 0 Å². The Labute approximate surface area is 153 Å². The highest BCUT2D eigenvalue weighted by molar-refractivity contribution is 6.33. The lowest BCUT2D eigenvalue weighted by Gasteiger charge is -2.36. The van der Waals surface area contributed by atoms with E-state index in [2.05, 4.69) is 15.5 Å². The van der Waals surface area contributed by atoms with E-state index in [0.717, 1.165) is 19.4 Å². The molecule has 3 amide bonds. The number of halogens is 1. The van der Waals surface area contributed by atoms with Crippen LogP contribution in [0.3, 0.4) is 0 Å². The fraction of sp³-hybridized carbons (Fsp3) is 0.529. The molecule has 1 saturated heterocycles. The van der Waals surface area contributed by atoms with Crippen LogP contribution < -0.4 is 10.6 Å². The predicted molar refractivity (Wildman–Crippen MR) is 99.3 cm³/mol. The second kappa shape index (κ2) is 9.03. The first-order chi connectivity index (χ1) is 11.9. The summed E-state index contributed by atoms with van der Waals surface area (Å²) in [6.45, 7) is 1.36. The van der Waals surface area contributed by atoms with Gasteiger partial charge in [0.2, 0.25) is 5.91 Å². The van der Waals surface area contributed by atoms with Gasteiger partial charge in [0.05, 0.1) is 10.7 Å². The van der Waals surface area contributed by atoms with Crippen LogP contribution in [-0.4, -0.2) is 68.7 Å². The number of nitrogens with zero attached hydrogens (tertiary/aromatic N) is 2. The predicted octanol–water partition coefficient (Wildman–Crippen LogP) is 2.48. The highest BCUT2D eigenvalue weighted by atomic mass is 35.5. The Bertz CT molecular complexity index is 624. The fourth-order valence-electron chi connectivity index (χ4n) is 2.78. The summed E-state index contributed by atoms with van der Waals surface area (Å²) in [6, 6.07) is 5.12. The number of likely N-dealkylation sites (N-methyl/N-ethyl adjacent to an activating group) is 1. The molecule has 138 valence electrons. The van der Waals surface area contributed by atoms with Gasteiger partial charge in [0.1, 0.15) is 6.61 Å². The number of nitrogens with one attached hydrogen (secondary N) is 2. The minimum Gasteiger partial charge on any atom is -0.375 e. The van der Waals surface area contributed by atoms with Gasteiger partial charge in [0, 0.05) is 31.9 Å². The molecule has 2 rings (SSSR count). The second-order valence-corrected chi connectivity index (χ2v) is 6.72. The minimum absolute atomic E-state index is 0.0377. The summed E-state index contributed by atoms with van der Waals surface area (Å²) >= 11 is 6.18. The van der Waals surface area contributed by atoms with Gasteiger partial charge in [-0.15, -0.1) is 0 Å². The normalized spacial score (nSPS) is 17.5. The Kier molecular flexibility index (Phi) is 7.04. The quantitative estimate of drug-likeness (QED) is 0.837. The van der Waals surface area contributed by atoms with Crippen LogP contribution in [0.25, 0.3) is 0 Å². The first-order valence-electron chi connectivity index (χ1n) is 8.21. The van der Waals surface area contributed by atoms with Crippen molar-refractivity contribution in [3.63, 3.8) is 0 Å². The zero-order valence-electron chi connectivity index (χ0n) is 14.8. The van der Waals surface area contributed by atoms with Crippen LogP contribution in [0, 0.1) is 0 Å². The van der Waals surface area contributed by atoms with Crippen molar-refractivity contribution in [3.05, 3.63) is 23.2 Å². The maximum atomic E-state index is 12.6. The third-order valence-electron chi connectivity index (χ3n) is 4.18. The molecule has 8 heteroatoms. The number of benzene rings is 1. The van der Waals surface area contributed by atoms with Gasteiger partial charge in [0.25, 0.3) is 0 Å². The zero-order chi connectivity index (χ0) is 18.4. The van der Waals surface area contributed by atoms with Crippen LogP contribution in [-0.2, 0) is 9.53 Å². The number of rotatable bonds is 5. The van der Waals surface area contributed by atoms with E-state index in [1.165, 1.54) is 7.11 Å². The molecule has 0 saturated carbocycles. The lowest BCUT2D eigenvalue weighted by Crippen LogP contribution is -2.48. The van der Waals surface area contributed by atoms with E-state index in [1.807, 2.05) is 14.1 Å². The molecular weight excluding hydrogens is 344 g/mol. The summed E-state index contributed by atoms with van der Waals surface area (Å²) in [6.07, 6.45) is 2.05. The molecule has 1 aliphatic heterocycles. The van der Waals surface area contributed by atoms with E-state index in [9.17, 15) is 9.59 Å². The molecule has 0 bridgehead atoms. The number of hydrogen-bond donors (Lipinski definition) is 2. The Balaban J connectivity index is 2.03. The van der Waals surface area contributed by atoms with Crippen LogP contribution >= 0.6 is 11.6 Å². The van der Waals surface area contributed by atoms with Gasteiger partial charge >= 0.3 is 6.03 Å². The number of anilines is 2. The summed E-state index contributed by atoms with van der Waals surface area (Å²) in [5.41, 5.74) is 1.01. The average molecular weight is 369 g/mol. The molecule has 0 spiro atoms. The molecule has 1 fully saturated rings. The van der Waals surface area contributed by atoms with Crippen molar-refractivity contribution in [1.29, 1.82) is 0 Å². The standard InChI is InChI=1S/C17H25ClN4O3/c1-21(2)13-5-4-8-22(10-13)17(24)20-15-9-12(6-7-14(15)18)19-16(23)11-25-3/h6-7,9,13H,4-5,8,10-11H2,1-3H3,(H,19,23)(H,20,24). The van der Waals surface area contributed by atoms with E-state index in [-0.39, 0.29) is 18.5 Å². The van der Waals surface area contributed by atoms with E-state index < -0.39 is 0 Å². The van der Waals surface area contributed by atoms with E-state index in [4.69, 9.17) is 16.3 Å². The minimum atomic E-state index is -0.271. The van der Waals surface area contributed by atoms with Crippen molar-refractivity contribution in [2.45, 2.75) is 18.9 Å². The first-order valence-corrected chi connectivity index (χ1v) is 8.59. The van der Waals surface area contributed by atoms with Crippen LogP contribution in [0.4, 0.5) is 16.2 Å². The molecule has 1 aliphatic rings. The highest BCUT2D eigenvalue weighted by Crippen LogP contribution is 2.26. The molecule has 7 nitrogen and oxygen atoms in total. The average Bonchev–Trinajstić information content (AvgIpc) is 2.58. The number of piperidine rings is 1. The molecular formula is C17H25ClN4O3. The molecule has 25 heavy (non-hydrogen) atoms. The second-order valence-electron chi connectivity index (χ2n) is 6.31. The maximum absolute atomic E-state index is 12.6. The van der Waals surface area contributed by atoms with Gasteiger partial charge in [-0.1, -0.05) is 11.6 Å². The molecule has 1 aromatic rings. The Morgan fingerprint density at radius 1 is 1.36 bits per heavy atom. The Hall–Kier alpha value is -1.83. The van der Waals surface area contributed by atoms with Gasteiger partial charge < -0.3 is 25.2 Å². The number of amides is 3. The maximum Gasteiger partial charge on any atom is 0.321 e. The zero-order valence-corrected chi connectivity index (χ0v) is 15.6. The van der Waals surface area contributed by atoms with Gasteiger partial charge in [-0.2, -0.15) is 0 Å². The summed E-state index contributed by atoms with van der Waals surface area (Å²) in [7, 11) is 5.50. The SMILES string of the molecule is COCC(=O)Nc1ccc(Cl)c(NC(=O)N2CCCC(N(C)C)C2)c1. The molecule has 0 radical (unpaired) electrons. The molecule has 0 aromatic heterocycles. The Morgan fingerprint density at radius 2 is 2.12 bits per heavy atom.